The molecule has 0 amide bonds. The van der Waals surface area contributed by atoms with Crippen LogP contribution in [0.4, 0.5) is 0 Å². The molecule has 1 rings (SSSR count). The van der Waals surface area contributed by atoms with Crippen LogP contribution in [0.1, 0.15) is 104 Å². The Morgan fingerprint density at radius 2 is 1.12 bits per heavy atom. The first-order chi connectivity index (χ1) is 12.3. The fourth-order valence-electron chi connectivity index (χ4n) is 3.28. The van der Waals surface area contributed by atoms with Gasteiger partial charge in [0.2, 0.25) is 0 Å². The highest BCUT2D eigenvalue weighted by Crippen LogP contribution is 2.22. The molecule has 144 valence electrons. The molecule has 0 aliphatic rings. The number of phenolic OH excluding ortho intramolecular Hbond substituents is 1. The summed E-state index contributed by atoms with van der Waals surface area (Å²) in [5, 5.41) is 9.42. The van der Waals surface area contributed by atoms with Gasteiger partial charge in [-0.05, 0) is 49.9 Å². The quantitative estimate of drug-likeness (QED) is 0.311. The molecule has 0 bridgehead atoms. The Morgan fingerprint density at radius 1 is 0.680 bits per heavy atom. The predicted octanol–water partition coefficient (Wildman–Crippen LogP) is 7.64. The van der Waals surface area contributed by atoms with E-state index in [9.17, 15) is 5.11 Å². The number of ether oxygens (including phenoxy) is 1. The van der Waals surface area contributed by atoms with Crippen LogP contribution in [0.3, 0.4) is 0 Å². The van der Waals surface area contributed by atoms with Crippen molar-refractivity contribution in [1.29, 1.82) is 0 Å². The van der Waals surface area contributed by atoms with Gasteiger partial charge in [-0.3, -0.25) is 0 Å². The summed E-state index contributed by atoms with van der Waals surface area (Å²) >= 11 is 0. The van der Waals surface area contributed by atoms with Gasteiger partial charge < -0.3 is 9.84 Å². The van der Waals surface area contributed by atoms with Gasteiger partial charge in [-0.25, -0.2) is 0 Å². The number of phenols is 1. The molecular weight excluding hydrogens is 308 g/mol. The van der Waals surface area contributed by atoms with E-state index < -0.39 is 0 Å². The lowest BCUT2D eigenvalue weighted by molar-refractivity contribution is 0.172. The van der Waals surface area contributed by atoms with Crippen LogP contribution in [0.5, 0.6) is 11.5 Å². The van der Waals surface area contributed by atoms with Crippen LogP contribution in [-0.2, 0) is 0 Å². The fraction of sp³-hybridized carbons (Fsp3) is 0.739. The van der Waals surface area contributed by atoms with E-state index in [1.807, 2.05) is 12.1 Å². The second kappa shape index (κ2) is 15.1. The molecule has 1 N–H and O–H groups in total. The molecular formula is C23H40O2. The standard InChI is InChI=1S/C23H40O2/c1-3-5-7-9-10-12-14-16-22(15-13-11-8-6-4-2)25-23-19-17-21(24)18-20-23/h17-20,22,24H,3-16H2,1-2H3. The van der Waals surface area contributed by atoms with Crippen molar-refractivity contribution >= 4 is 0 Å². The van der Waals surface area contributed by atoms with Crippen molar-refractivity contribution in [2.45, 2.75) is 110 Å². The van der Waals surface area contributed by atoms with E-state index in [2.05, 4.69) is 13.8 Å². The van der Waals surface area contributed by atoms with Crippen LogP contribution in [-0.4, -0.2) is 11.2 Å². The third kappa shape index (κ3) is 11.9. The maximum atomic E-state index is 9.42. The summed E-state index contributed by atoms with van der Waals surface area (Å²) in [7, 11) is 0. The lowest BCUT2D eigenvalue weighted by Gasteiger charge is -2.19. The molecule has 0 saturated heterocycles. The fourth-order valence-corrected chi connectivity index (χ4v) is 3.28. The van der Waals surface area contributed by atoms with Gasteiger partial charge in [0.15, 0.2) is 0 Å². The number of hydrogen-bond donors (Lipinski definition) is 1. The van der Waals surface area contributed by atoms with Gasteiger partial charge in [0, 0.05) is 0 Å². The maximum absolute atomic E-state index is 9.42. The molecule has 25 heavy (non-hydrogen) atoms. The number of benzene rings is 1. The Kier molecular flexibility index (Phi) is 13.2. The van der Waals surface area contributed by atoms with Crippen molar-refractivity contribution in [3.05, 3.63) is 24.3 Å². The minimum absolute atomic E-state index is 0.301. The van der Waals surface area contributed by atoms with E-state index in [1.54, 1.807) is 12.1 Å². The van der Waals surface area contributed by atoms with E-state index >= 15 is 0 Å². The van der Waals surface area contributed by atoms with Crippen molar-refractivity contribution in [1.82, 2.24) is 0 Å². The highest BCUT2D eigenvalue weighted by molar-refractivity contribution is 5.30. The van der Waals surface area contributed by atoms with Gasteiger partial charge in [-0.2, -0.15) is 0 Å². The number of hydrogen-bond acceptors (Lipinski definition) is 2. The first kappa shape index (κ1) is 21.9. The molecule has 0 radical (unpaired) electrons. The third-order valence-electron chi connectivity index (χ3n) is 4.90. The van der Waals surface area contributed by atoms with Crippen LogP contribution in [0.2, 0.25) is 0 Å². The van der Waals surface area contributed by atoms with E-state index in [-0.39, 0.29) is 0 Å². The van der Waals surface area contributed by atoms with Crippen molar-refractivity contribution in [2.75, 3.05) is 0 Å². The summed E-state index contributed by atoms with van der Waals surface area (Å²) in [5.74, 6) is 1.19. The Morgan fingerprint density at radius 3 is 1.60 bits per heavy atom. The molecule has 1 aromatic rings. The lowest BCUT2D eigenvalue weighted by Crippen LogP contribution is -2.16. The molecule has 1 unspecified atom stereocenters. The van der Waals surface area contributed by atoms with Crippen molar-refractivity contribution in [3.63, 3.8) is 0 Å². The Hall–Kier alpha value is -1.18. The summed E-state index contributed by atoms with van der Waals surface area (Å²) in [5.41, 5.74) is 0. The van der Waals surface area contributed by atoms with E-state index in [0.717, 1.165) is 18.6 Å². The summed E-state index contributed by atoms with van der Waals surface area (Å²) in [4.78, 5) is 0. The highest BCUT2D eigenvalue weighted by atomic mass is 16.5. The first-order valence-corrected chi connectivity index (χ1v) is 10.7. The second-order valence-electron chi connectivity index (χ2n) is 7.35. The molecule has 2 heteroatoms. The van der Waals surface area contributed by atoms with Crippen molar-refractivity contribution in [3.8, 4) is 11.5 Å². The molecule has 0 heterocycles. The van der Waals surface area contributed by atoms with Gasteiger partial charge in [0.05, 0.1) is 6.10 Å². The van der Waals surface area contributed by atoms with Crippen LogP contribution < -0.4 is 4.74 Å². The number of unbranched alkanes of at least 4 members (excludes halogenated alkanes) is 10. The largest absolute Gasteiger partial charge is 0.508 e. The van der Waals surface area contributed by atoms with Gasteiger partial charge >= 0.3 is 0 Å². The smallest absolute Gasteiger partial charge is 0.119 e. The van der Waals surface area contributed by atoms with Crippen molar-refractivity contribution in [2.24, 2.45) is 0 Å². The second-order valence-corrected chi connectivity index (χ2v) is 7.35. The molecule has 0 aliphatic heterocycles. The zero-order chi connectivity index (χ0) is 18.2. The van der Waals surface area contributed by atoms with E-state index in [1.165, 1.54) is 77.0 Å². The van der Waals surface area contributed by atoms with Crippen LogP contribution in [0.25, 0.3) is 0 Å². The lowest BCUT2D eigenvalue weighted by atomic mass is 10.0. The monoisotopic (exact) mass is 348 g/mol. The topological polar surface area (TPSA) is 29.5 Å². The van der Waals surface area contributed by atoms with Gasteiger partial charge in [0.1, 0.15) is 11.5 Å². The Bertz CT molecular complexity index is 399. The number of rotatable bonds is 16. The molecule has 0 spiro atoms. The maximum Gasteiger partial charge on any atom is 0.119 e. The Labute approximate surface area is 156 Å². The summed E-state index contributed by atoms with van der Waals surface area (Å²) < 4.78 is 6.21. The van der Waals surface area contributed by atoms with Gasteiger partial charge in [-0.1, -0.05) is 78.1 Å². The minimum atomic E-state index is 0.301. The summed E-state index contributed by atoms with van der Waals surface area (Å²) in [6, 6.07) is 7.18. The first-order valence-electron chi connectivity index (χ1n) is 10.7. The zero-order valence-electron chi connectivity index (χ0n) is 16.6. The third-order valence-corrected chi connectivity index (χ3v) is 4.90. The molecule has 1 aromatic carbocycles. The summed E-state index contributed by atoms with van der Waals surface area (Å²) in [6.45, 7) is 4.53. The molecule has 0 saturated carbocycles. The average molecular weight is 349 g/mol. The predicted molar refractivity (Wildman–Crippen MR) is 109 cm³/mol. The van der Waals surface area contributed by atoms with Gasteiger partial charge in [0.25, 0.3) is 0 Å². The van der Waals surface area contributed by atoms with E-state index in [0.29, 0.717) is 11.9 Å². The van der Waals surface area contributed by atoms with Crippen LogP contribution >= 0.6 is 0 Å². The highest BCUT2D eigenvalue weighted by Gasteiger charge is 2.10. The average Bonchev–Trinajstić information content (AvgIpc) is 2.62. The van der Waals surface area contributed by atoms with Gasteiger partial charge in [-0.15, -0.1) is 0 Å². The number of aromatic hydroxyl groups is 1. The van der Waals surface area contributed by atoms with Crippen LogP contribution in [0.15, 0.2) is 24.3 Å². The Balaban J connectivity index is 2.29. The molecule has 2 nitrogen and oxygen atoms in total. The minimum Gasteiger partial charge on any atom is -0.508 e. The zero-order valence-corrected chi connectivity index (χ0v) is 16.6. The normalized spacial score (nSPS) is 12.2. The SMILES string of the molecule is CCCCCCCCCC(CCCCCCC)Oc1ccc(O)cc1. The molecule has 0 aromatic heterocycles. The molecule has 0 fully saturated rings. The summed E-state index contributed by atoms with van der Waals surface area (Å²) in [6.07, 6.45) is 18.6. The molecule has 1 atom stereocenters. The van der Waals surface area contributed by atoms with Crippen molar-refractivity contribution < 1.29 is 9.84 Å². The van der Waals surface area contributed by atoms with E-state index in [4.69, 9.17) is 4.74 Å². The van der Waals surface area contributed by atoms with Crippen LogP contribution in [0, 0.1) is 0 Å². The molecule has 0 aliphatic carbocycles.